The van der Waals surface area contributed by atoms with Crippen LogP contribution in [0.1, 0.15) is 130 Å². The van der Waals surface area contributed by atoms with Gasteiger partial charge in [-0.2, -0.15) is 0 Å². The van der Waals surface area contributed by atoms with Gasteiger partial charge in [-0.15, -0.1) is 0 Å². The van der Waals surface area contributed by atoms with E-state index in [0.717, 1.165) is 38.1 Å². The van der Waals surface area contributed by atoms with Gasteiger partial charge in [0.15, 0.2) is 0 Å². The summed E-state index contributed by atoms with van der Waals surface area (Å²) in [5, 5.41) is 0. The van der Waals surface area contributed by atoms with Gasteiger partial charge in [0.05, 0.1) is 0 Å². The van der Waals surface area contributed by atoms with Crippen LogP contribution in [0.15, 0.2) is 0 Å². The molecule has 0 N–H and O–H groups in total. The number of methoxy groups -OCH3 is 1. The lowest BCUT2D eigenvalue weighted by Crippen LogP contribution is -2.11. The van der Waals surface area contributed by atoms with E-state index in [4.69, 9.17) is 9.47 Å². The van der Waals surface area contributed by atoms with Gasteiger partial charge in [-0.3, -0.25) is 0 Å². The molecule has 2 unspecified atom stereocenters. The van der Waals surface area contributed by atoms with Gasteiger partial charge in [0.2, 0.25) is 0 Å². The first-order chi connectivity index (χ1) is 13.7. The minimum absolute atomic E-state index is 0.815. The maximum atomic E-state index is 5.81. The summed E-state index contributed by atoms with van der Waals surface area (Å²) in [6.45, 7) is 9.63. The molecule has 0 saturated carbocycles. The van der Waals surface area contributed by atoms with E-state index in [-0.39, 0.29) is 0 Å². The maximum absolute atomic E-state index is 5.81. The van der Waals surface area contributed by atoms with Crippen LogP contribution in [0.3, 0.4) is 0 Å². The highest BCUT2D eigenvalue weighted by molar-refractivity contribution is 4.64. The average Bonchev–Trinajstić information content (AvgIpc) is 2.70. The van der Waals surface area contributed by atoms with E-state index in [1.165, 1.54) is 103 Å². The molecule has 2 heteroatoms. The van der Waals surface area contributed by atoms with E-state index >= 15 is 0 Å². The van der Waals surface area contributed by atoms with Crippen molar-refractivity contribution in [2.24, 2.45) is 11.8 Å². The zero-order valence-electron chi connectivity index (χ0n) is 20.1. The van der Waals surface area contributed by atoms with Crippen LogP contribution in [-0.2, 0) is 9.47 Å². The van der Waals surface area contributed by atoms with Crippen molar-refractivity contribution in [3.8, 4) is 0 Å². The van der Waals surface area contributed by atoms with E-state index in [2.05, 4.69) is 20.8 Å². The Bertz CT molecular complexity index is 280. The van der Waals surface area contributed by atoms with Gasteiger partial charge in [0, 0.05) is 26.9 Å². The summed E-state index contributed by atoms with van der Waals surface area (Å²) in [7, 11) is 1.76. The van der Waals surface area contributed by atoms with E-state index in [1.807, 2.05) is 0 Å². The highest BCUT2D eigenvalue weighted by atomic mass is 16.5. The SMILES string of the molecule is CCCCCCCCCCCCCCC(CCOCCCOC)CC(C)CC. The zero-order chi connectivity index (χ0) is 20.7. The van der Waals surface area contributed by atoms with Gasteiger partial charge >= 0.3 is 0 Å². The normalized spacial score (nSPS) is 13.7. The smallest absolute Gasteiger partial charge is 0.0487 e. The summed E-state index contributed by atoms with van der Waals surface area (Å²) in [5.41, 5.74) is 0. The van der Waals surface area contributed by atoms with Crippen molar-refractivity contribution in [2.75, 3.05) is 26.9 Å². The Kier molecular flexibility index (Phi) is 23.1. The first-order valence-corrected chi connectivity index (χ1v) is 12.8. The Labute approximate surface area is 178 Å². The molecule has 0 bridgehead atoms. The van der Waals surface area contributed by atoms with Crippen molar-refractivity contribution in [2.45, 2.75) is 130 Å². The molecule has 0 heterocycles. The molecule has 2 atom stereocenters. The molecule has 0 aromatic carbocycles. The predicted molar refractivity (Wildman–Crippen MR) is 125 cm³/mol. The van der Waals surface area contributed by atoms with Crippen LogP contribution in [0.5, 0.6) is 0 Å². The summed E-state index contributed by atoms with van der Waals surface area (Å²) in [6, 6.07) is 0. The fourth-order valence-corrected chi connectivity index (χ4v) is 4.05. The molecular weight excluding hydrogens is 344 g/mol. The van der Waals surface area contributed by atoms with E-state index < -0.39 is 0 Å². The van der Waals surface area contributed by atoms with Gasteiger partial charge in [-0.1, -0.05) is 111 Å². The molecule has 0 aliphatic heterocycles. The zero-order valence-corrected chi connectivity index (χ0v) is 20.1. The van der Waals surface area contributed by atoms with Gasteiger partial charge in [0.1, 0.15) is 0 Å². The summed E-state index contributed by atoms with van der Waals surface area (Å²) in [4.78, 5) is 0. The molecule has 0 aliphatic carbocycles. The molecule has 0 fully saturated rings. The molecule has 0 aromatic heterocycles. The number of unbranched alkanes of at least 4 members (excludes halogenated alkanes) is 11. The lowest BCUT2D eigenvalue weighted by molar-refractivity contribution is 0.0902. The third kappa shape index (κ3) is 20.6. The Morgan fingerprint density at radius 1 is 0.607 bits per heavy atom. The molecule has 0 spiro atoms. The fourth-order valence-electron chi connectivity index (χ4n) is 4.05. The standard InChI is InChI=1S/C26H54O2/c1-5-7-8-9-10-11-12-13-14-15-16-17-19-26(24-25(3)6-2)20-23-28-22-18-21-27-4/h25-26H,5-24H2,1-4H3. The van der Waals surface area contributed by atoms with Gasteiger partial charge < -0.3 is 9.47 Å². The van der Waals surface area contributed by atoms with E-state index in [9.17, 15) is 0 Å². The lowest BCUT2D eigenvalue weighted by atomic mass is 9.87. The quantitative estimate of drug-likeness (QED) is 0.160. The second-order valence-corrected chi connectivity index (χ2v) is 9.04. The van der Waals surface area contributed by atoms with Crippen LogP contribution in [0, 0.1) is 11.8 Å². The summed E-state index contributed by atoms with van der Waals surface area (Å²) in [5.74, 6) is 1.72. The number of hydrogen-bond donors (Lipinski definition) is 0. The fraction of sp³-hybridized carbons (Fsp3) is 1.00. The van der Waals surface area contributed by atoms with Crippen LogP contribution in [0.25, 0.3) is 0 Å². The molecule has 0 radical (unpaired) electrons. The van der Waals surface area contributed by atoms with Crippen molar-refractivity contribution < 1.29 is 9.47 Å². The first-order valence-electron chi connectivity index (χ1n) is 12.8. The van der Waals surface area contributed by atoms with Crippen LogP contribution in [0.4, 0.5) is 0 Å². The van der Waals surface area contributed by atoms with Crippen LogP contribution in [0.2, 0.25) is 0 Å². The van der Waals surface area contributed by atoms with Gasteiger partial charge in [-0.25, -0.2) is 0 Å². The van der Waals surface area contributed by atoms with Crippen molar-refractivity contribution in [3.63, 3.8) is 0 Å². The predicted octanol–water partition coefficient (Wildman–Crippen LogP) is 8.57. The van der Waals surface area contributed by atoms with Gasteiger partial charge in [0.25, 0.3) is 0 Å². The Morgan fingerprint density at radius 2 is 1.18 bits per heavy atom. The van der Waals surface area contributed by atoms with Crippen LogP contribution >= 0.6 is 0 Å². The Morgan fingerprint density at radius 3 is 1.71 bits per heavy atom. The van der Waals surface area contributed by atoms with Crippen LogP contribution in [-0.4, -0.2) is 26.9 Å². The Balaban J connectivity index is 3.61. The molecule has 170 valence electrons. The minimum Gasteiger partial charge on any atom is -0.385 e. The van der Waals surface area contributed by atoms with Crippen molar-refractivity contribution >= 4 is 0 Å². The topological polar surface area (TPSA) is 18.5 Å². The minimum atomic E-state index is 0.815. The highest BCUT2D eigenvalue weighted by Crippen LogP contribution is 2.24. The number of ether oxygens (including phenoxy) is 2. The van der Waals surface area contributed by atoms with Gasteiger partial charge in [-0.05, 0) is 31.1 Å². The second-order valence-electron chi connectivity index (χ2n) is 9.04. The molecule has 0 aromatic rings. The molecule has 0 rings (SSSR count). The van der Waals surface area contributed by atoms with E-state index in [0.29, 0.717) is 0 Å². The first kappa shape index (κ1) is 27.9. The molecule has 0 amide bonds. The Hall–Kier alpha value is -0.0800. The number of hydrogen-bond acceptors (Lipinski definition) is 2. The summed E-state index contributed by atoms with van der Waals surface area (Å²) < 4.78 is 10.9. The number of rotatable bonds is 23. The molecule has 0 saturated heterocycles. The molecule has 28 heavy (non-hydrogen) atoms. The van der Waals surface area contributed by atoms with Crippen molar-refractivity contribution in [1.82, 2.24) is 0 Å². The monoisotopic (exact) mass is 398 g/mol. The summed E-state index contributed by atoms with van der Waals surface area (Å²) in [6.07, 6.45) is 23.7. The van der Waals surface area contributed by atoms with E-state index in [1.54, 1.807) is 7.11 Å². The summed E-state index contributed by atoms with van der Waals surface area (Å²) >= 11 is 0. The second kappa shape index (κ2) is 23.2. The molecular formula is C26H54O2. The van der Waals surface area contributed by atoms with Crippen molar-refractivity contribution in [1.29, 1.82) is 0 Å². The highest BCUT2D eigenvalue weighted by Gasteiger charge is 2.12. The molecule has 0 aliphatic rings. The third-order valence-electron chi connectivity index (χ3n) is 6.21. The third-order valence-corrected chi connectivity index (χ3v) is 6.21. The van der Waals surface area contributed by atoms with Crippen LogP contribution < -0.4 is 0 Å². The lowest BCUT2D eigenvalue weighted by Gasteiger charge is -2.20. The molecule has 2 nitrogen and oxygen atoms in total. The largest absolute Gasteiger partial charge is 0.385 e. The average molecular weight is 399 g/mol. The maximum Gasteiger partial charge on any atom is 0.0487 e. The van der Waals surface area contributed by atoms with Crippen molar-refractivity contribution in [3.05, 3.63) is 0 Å².